The summed E-state index contributed by atoms with van der Waals surface area (Å²) in [7, 11) is -3.53. The predicted molar refractivity (Wildman–Crippen MR) is 98.1 cm³/mol. The second-order valence-electron chi connectivity index (χ2n) is 6.64. The van der Waals surface area contributed by atoms with E-state index in [1.54, 1.807) is 28.2 Å². The van der Waals surface area contributed by atoms with Crippen LogP contribution in [0.3, 0.4) is 0 Å². The molecule has 0 bridgehead atoms. The minimum absolute atomic E-state index is 0.143. The van der Waals surface area contributed by atoms with Gasteiger partial charge in [-0.2, -0.15) is 4.31 Å². The standard InChI is InChI=1S/C16H25N5O2S2/c1-13(2)20-10-16(17-12-20)25(22,23)21-6-4-5-19(7-8-21)9-15-11-24-14(3)18-15/h10-13H,4-9H2,1-3H3. The van der Waals surface area contributed by atoms with E-state index in [0.29, 0.717) is 19.6 Å². The van der Waals surface area contributed by atoms with Gasteiger partial charge in [0.2, 0.25) is 0 Å². The lowest BCUT2D eigenvalue weighted by molar-refractivity contribution is 0.276. The summed E-state index contributed by atoms with van der Waals surface area (Å²) in [5.74, 6) is 0. The molecular weight excluding hydrogens is 358 g/mol. The fourth-order valence-electron chi connectivity index (χ4n) is 2.92. The summed E-state index contributed by atoms with van der Waals surface area (Å²) >= 11 is 1.65. The average Bonchev–Trinajstić information content (AvgIpc) is 3.13. The summed E-state index contributed by atoms with van der Waals surface area (Å²) < 4.78 is 29.1. The molecule has 1 aliphatic rings. The third-order valence-electron chi connectivity index (χ3n) is 4.38. The summed E-state index contributed by atoms with van der Waals surface area (Å²) in [6.45, 7) is 9.39. The van der Waals surface area contributed by atoms with E-state index in [4.69, 9.17) is 0 Å². The Labute approximate surface area is 153 Å². The van der Waals surface area contributed by atoms with E-state index in [-0.39, 0.29) is 11.1 Å². The van der Waals surface area contributed by atoms with Crippen LogP contribution in [0, 0.1) is 6.92 Å². The van der Waals surface area contributed by atoms with E-state index in [0.717, 1.165) is 30.2 Å². The molecule has 0 saturated carbocycles. The van der Waals surface area contributed by atoms with E-state index in [1.807, 2.05) is 25.3 Å². The quantitative estimate of drug-likeness (QED) is 0.791. The topological polar surface area (TPSA) is 71.3 Å². The van der Waals surface area contributed by atoms with Crippen LogP contribution >= 0.6 is 11.3 Å². The van der Waals surface area contributed by atoms with Gasteiger partial charge in [0.15, 0.2) is 5.03 Å². The van der Waals surface area contributed by atoms with Crippen LogP contribution in [0.4, 0.5) is 0 Å². The molecule has 0 radical (unpaired) electrons. The van der Waals surface area contributed by atoms with Gasteiger partial charge in [0.25, 0.3) is 10.0 Å². The highest BCUT2D eigenvalue weighted by molar-refractivity contribution is 7.89. The van der Waals surface area contributed by atoms with Gasteiger partial charge in [-0.05, 0) is 33.7 Å². The minimum atomic E-state index is -3.53. The number of aromatic nitrogens is 3. The van der Waals surface area contributed by atoms with Crippen molar-refractivity contribution in [1.29, 1.82) is 0 Å². The fraction of sp³-hybridized carbons (Fsp3) is 0.625. The number of rotatable bonds is 5. The summed E-state index contributed by atoms with van der Waals surface area (Å²) in [6.07, 6.45) is 4.03. The number of imidazole rings is 1. The monoisotopic (exact) mass is 383 g/mol. The van der Waals surface area contributed by atoms with Gasteiger partial charge >= 0.3 is 0 Å². The molecule has 0 aliphatic carbocycles. The van der Waals surface area contributed by atoms with Crippen molar-refractivity contribution < 1.29 is 8.42 Å². The molecule has 2 aromatic rings. The molecule has 3 rings (SSSR count). The Bertz CT molecular complexity index is 812. The molecule has 0 amide bonds. The molecule has 2 aromatic heterocycles. The highest BCUT2D eigenvalue weighted by Crippen LogP contribution is 2.19. The SMILES string of the molecule is Cc1nc(CN2CCCN(S(=O)(=O)c3cn(C(C)C)cn3)CC2)cs1. The summed E-state index contributed by atoms with van der Waals surface area (Å²) in [4.78, 5) is 10.9. The van der Waals surface area contributed by atoms with Crippen LogP contribution in [0.5, 0.6) is 0 Å². The van der Waals surface area contributed by atoms with Gasteiger partial charge < -0.3 is 4.57 Å². The maximum absolute atomic E-state index is 12.9. The number of aryl methyl sites for hydroxylation is 1. The zero-order chi connectivity index (χ0) is 18.0. The second-order valence-corrected chi connectivity index (χ2v) is 9.59. The first kappa shape index (κ1) is 18.5. The van der Waals surface area contributed by atoms with E-state index >= 15 is 0 Å². The van der Waals surface area contributed by atoms with Crippen molar-refractivity contribution in [3.8, 4) is 0 Å². The van der Waals surface area contributed by atoms with Gasteiger partial charge in [-0.1, -0.05) is 0 Å². The van der Waals surface area contributed by atoms with Crippen LogP contribution in [-0.2, 0) is 16.6 Å². The Balaban J connectivity index is 1.67. The van der Waals surface area contributed by atoms with Crippen molar-refractivity contribution in [2.75, 3.05) is 26.2 Å². The molecule has 3 heterocycles. The number of nitrogens with zero attached hydrogens (tertiary/aromatic N) is 5. The van der Waals surface area contributed by atoms with Crippen molar-refractivity contribution in [2.24, 2.45) is 0 Å². The van der Waals surface area contributed by atoms with Gasteiger partial charge in [-0.25, -0.2) is 18.4 Å². The molecule has 0 atom stereocenters. The van der Waals surface area contributed by atoms with E-state index in [1.165, 1.54) is 0 Å². The zero-order valence-corrected chi connectivity index (χ0v) is 16.6. The van der Waals surface area contributed by atoms with Crippen LogP contribution < -0.4 is 0 Å². The highest BCUT2D eigenvalue weighted by Gasteiger charge is 2.29. The smallest absolute Gasteiger partial charge is 0.262 e. The molecule has 0 aromatic carbocycles. The first-order valence-electron chi connectivity index (χ1n) is 8.53. The minimum Gasteiger partial charge on any atom is -0.334 e. The Kier molecular flexibility index (Phi) is 5.57. The van der Waals surface area contributed by atoms with Crippen molar-refractivity contribution in [2.45, 2.75) is 44.8 Å². The first-order chi connectivity index (χ1) is 11.9. The van der Waals surface area contributed by atoms with Crippen molar-refractivity contribution in [3.05, 3.63) is 28.6 Å². The summed E-state index contributed by atoms with van der Waals surface area (Å²) in [6, 6.07) is 0.192. The Hall–Kier alpha value is -1.29. The van der Waals surface area contributed by atoms with Crippen molar-refractivity contribution in [1.82, 2.24) is 23.7 Å². The molecule has 7 nitrogen and oxygen atoms in total. The number of sulfonamides is 1. The molecule has 0 unspecified atom stereocenters. The Morgan fingerprint density at radius 2 is 2.04 bits per heavy atom. The molecule has 1 fully saturated rings. The largest absolute Gasteiger partial charge is 0.334 e. The van der Waals surface area contributed by atoms with Crippen LogP contribution in [-0.4, -0.2) is 58.3 Å². The van der Waals surface area contributed by atoms with Crippen LogP contribution in [0.2, 0.25) is 0 Å². The molecular formula is C16H25N5O2S2. The van der Waals surface area contributed by atoms with Crippen LogP contribution in [0.25, 0.3) is 0 Å². The molecule has 0 N–H and O–H groups in total. The van der Waals surface area contributed by atoms with Crippen molar-refractivity contribution >= 4 is 21.4 Å². The molecule has 1 saturated heterocycles. The fourth-order valence-corrected chi connectivity index (χ4v) is 4.92. The summed E-state index contributed by atoms with van der Waals surface area (Å²) in [5, 5.41) is 3.28. The maximum Gasteiger partial charge on any atom is 0.262 e. The second kappa shape index (κ2) is 7.53. The molecule has 138 valence electrons. The van der Waals surface area contributed by atoms with Crippen molar-refractivity contribution in [3.63, 3.8) is 0 Å². The number of thiazole rings is 1. The third-order valence-corrected chi connectivity index (χ3v) is 6.98. The van der Waals surface area contributed by atoms with Gasteiger partial charge in [-0.3, -0.25) is 4.90 Å². The zero-order valence-electron chi connectivity index (χ0n) is 14.9. The Morgan fingerprint density at radius 1 is 1.24 bits per heavy atom. The molecule has 0 spiro atoms. The van der Waals surface area contributed by atoms with Gasteiger partial charge in [0, 0.05) is 43.8 Å². The van der Waals surface area contributed by atoms with E-state index in [2.05, 4.69) is 20.2 Å². The maximum atomic E-state index is 12.9. The summed E-state index contributed by atoms with van der Waals surface area (Å²) in [5.41, 5.74) is 1.06. The predicted octanol–water partition coefficient (Wildman–Crippen LogP) is 2.13. The lowest BCUT2D eigenvalue weighted by Gasteiger charge is -2.20. The van der Waals surface area contributed by atoms with Crippen LogP contribution in [0.15, 0.2) is 22.9 Å². The van der Waals surface area contributed by atoms with Crippen LogP contribution in [0.1, 0.15) is 37.0 Å². The van der Waals surface area contributed by atoms with Gasteiger partial charge in [0.1, 0.15) is 0 Å². The van der Waals surface area contributed by atoms with Gasteiger partial charge in [-0.15, -0.1) is 11.3 Å². The van der Waals surface area contributed by atoms with Gasteiger partial charge in [0.05, 0.1) is 17.0 Å². The third kappa shape index (κ3) is 4.28. The lowest BCUT2D eigenvalue weighted by atomic mass is 10.3. The highest BCUT2D eigenvalue weighted by atomic mass is 32.2. The number of hydrogen-bond acceptors (Lipinski definition) is 6. The molecule has 9 heteroatoms. The van der Waals surface area contributed by atoms with E-state index in [9.17, 15) is 8.42 Å². The lowest BCUT2D eigenvalue weighted by Crippen LogP contribution is -2.35. The average molecular weight is 384 g/mol. The van der Waals surface area contributed by atoms with E-state index < -0.39 is 10.0 Å². The number of hydrogen-bond donors (Lipinski definition) is 0. The normalized spacial score (nSPS) is 17.9. The Morgan fingerprint density at radius 3 is 2.68 bits per heavy atom. The molecule has 1 aliphatic heterocycles. The first-order valence-corrected chi connectivity index (χ1v) is 10.8. The molecule has 25 heavy (non-hydrogen) atoms.